The molecule has 0 saturated heterocycles. The molecule has 1 aliphatic heterocycles. The molecule has 0 fully saturated rings. The second kappa shape index (κ2) is 8.02. The first-order chi connectivity index (χ1) is 13.6. The summed E-state index contributed by atoms with van der Waals surface area (Å²) in [7, 11) is 0. The Bertz CT molecular complexity index is 1060. The van der Waals surface area contributed by atoms with Gasteiger partial charge in [0.1, 0.15) is 0 Å². The number of hydrogen-bond donors (Lipinski definition) is 1. The molecule has 2 heterocycles. The van der Waals surface area contributed by atoms with E-state index in [-0.39, 0.29) is 17.9 Å². The maximum Gasteiger partial charge on any atom is 0.255 e. The summed E-state index contributed by atoms with van der Waals surface area (Å²) in [6.07, 6.45) is 0.913. The number of hydrogen-bond acceptors (Lipinski definition) is 4. The number of carbonyl (C=O) groups excluding carboxylic acids is 1. The normalized spacial score (nSPS) is 12.8. The van der Waals surface area contributed by atoms with E-state index in [1.54, 1.807) is 11.8 Å². The predicted octanol–water partition coefficient (Wildman–Crippen LogP) is 3.50. The quantitative estimate of drug-likeness (QED) is 0.534. The molecular formula is C22H21N3O2S. The zero-order valence-corrected chi connectivity index (χ0v) is 16.5. The van der Waals surface area contributed by atoms with Gasteiger partial charge in [-0.05, 0) is 30.5 Å². The van der Waals surface area contributed by atoms with E-state index in [1.807, 2.05) is 54.6 Å². The SMILES string of the molecule is Cc1nc(SCc2ccccc2)[nH]c(=O)c1CC(=O)N1CCc2ccccc21. The van der Waals surface area contributed by atoms with Gasteiger partial charge in [0, 0.05) is 29.2 Å². The van der Waals surface area contributed by atoms with E-state index < -0.39 is 0 Å². The summed E-state index contributed by atoms with van der Waals surface area (Å²) in [4.78, 5) is 34.5. The van der Waals surface area contributed by atoms with E-state index in [0.717, 1.165) is 17.9 Å². The molecular weight excluding hydrogens is 370 g/mol. The van der Waals surface area contributed by atoms with E-state index >= 15 is 0 Å². The van der Waals surface area contributed by atoms with Gasteiger partial charge in [-0.25, -0.2) is 4.98 Å². The number of fused-ring (bicyclic) bond motifs is 1. The van der Waals surface area contributed by atoms with Crippen LogP contribution < -0.4 is 10.5 Å². The number of nitrogens with one attached hydrogen (secondary N) is 1. The van der Waals surface area contributed by atoms with Gasteiger partial charge in [0.15, 0.2) is 5.16 Å². The number of carbonyl (C=O) groups is 1. The number of amides is 1. The van der Waals surface area contributed by atoms with Crippen LogP contribution in [0, 0.1) is 6.92 Å². The van der Waals surface area contributed by atoms with Gasteiger partial charge in [0.2, 0.25) is 5.91 Å². The Labute approximate surface area is 167 Å². The third-order valence-electron chi connectivity index (χ3n) is 4.94. The topological polar surface area (TPSA) is 66.1 Å². The van der Waals surface area contributed by atoms with Crippen molar-refractivity contribution in [3.63, 3.8) is 0 Å². The van der Waals surface area contributed by atoms with Crippen LogP contribution in [0.3, 0.4) is 0 Å². The minimum atomic E-state index is -0.233. The molecule has 1 aliphatic rings. The predicted molar refractivity (Wildman–Crippen MR) is 112 cm³/mol. The Morgan fingerprint density at radius 2 is 1.89 bits per heavy atom. The number of anilines is 1. The average molecular weight is 391 g/mol. The fourth-order valence-corrected chi connectivity index (χ4v) is 4.29. The van der Waals surface area contributed by atoms with Gasteiger partial charge in [-0.2, -0.15) is 0 Å². The second-order valence-corrected chi connectivity index (χ2v) is 7.77. The average Bonchev–Trinajstić information content (AvgIpc) is 3.14. The Morgan fingerprint density at radius 3 is 2.68 bits per heavy atom. The molecule has 0 atom stereocenters. The largest absolute Gasteiger partial charge is 0.312 e. The van der Waals surface area contributed by atoms with Gasteiger partial charge in [-0.1, -0.05) is 60.3 Å². The first-order valence-electron chi connectivity index (χ1n) is 9.26. The molecule has 5 nitrogen and oxygen atoms in total. The number of nitrogens with zero attached hydrogens (tertiary/aromatic N) is 2. The summed E-state index contributed by atoms with van der Waals surface area (Å²) in [5, 5.41) is 0.578. The summed E-state index contributed by atoms with van der Waals surface area (Å²) in [6, 6.07) is 18.0. The van der Waals surface area contributed by atoms with Crippen LogP contribution in [0.5, 0.6) is 0 Å². The van der Waals surface area contributed by atoms with Gasteiger partial charge >= 0.3 is 0 Å². The van der Waals surface area contributed by atoms with E-state index in [9.17, 15) is 9.59 Å². The van der Waals surface area contributed by atoms with Crippen LogP contribution in [0.4, 0.5) is 5.69 Å². The molecule has 1 aromatic heterocycles. The fraction of sp³-hybridized carbons (Fsp3) is 0.227. The first-order valence-corrected chi connectivity index (χ1v) is 10.2. The van der Waals surface area contributed by atoms with Gasteiger partial charge < -0.3 is 9.88 Å². The Hall–Kier alpha value is -2.86. The van der Waals surface area contributed by atoms with Crippen molar-refractivity contribution in [2.75, 3.05) is 11.4 Å². The molecule has 0 unspecified atom stereocenters. The molecule has 3 aromatic rings. The molecule has 0 bridgehead atoms. The van der Waals surface area contributed by atoms with E-state index in [2.05, 4.69) is 9.97 Å². The second-order valence-electron chi connectivity index (χ2n) is 6.81. The monoisotopic (exact) mass is 391 g/mol. The lowest BCUT2D eigenvalue weighted by Gasteiger charge is -2.17. The number of H-pyrrole nitrogens is 1. The molecule has 1 amide bonds. The molecule has 142 valence electrons. The minimum Gasteiger partial charge on any atom is -0.312 e. The lowest BCUT2D eigenvalue weighted by molar-refractivity contribution is -0.117. The van der Waals surface area contributed by atoms with Crippen molar-refractivity contribution in [2.24, 2.45) is 0 Å². The molecule has 0 radical (unpaired) electrons. The Morgan fingerprint density at radius 1 is 1.14 bits per heavy atom. The van der Waals surface area contributed by atoms with Crippen molar-refractivity contribution in [1.82, 2.24) is 9.97 Å². The minimum absolute atomic E-state index is 0.0616. The third-order valence-corrected chi connectivity index (χ3v) is 5.88. The molecule has 0 spiro atoms. The van der Waals surface area contributed by atoms with Crippen molar-refractivity contribution in [2.45, 2.75) is 30.7 Å². The summed E-state index contributed by atoms with van der Waals surface area (Å²) < 4.78 is 0. The lowest BCUT2D eigenvalue weighted by atomic mass is 10.1. The van der Waals surface area contributed by atoms with Gasteiger partial charge in [0.05, 0.1) is 6.42 Å². The lowest BCUT2D eigenvalue weighted by Crippen LogP contribution is -2.33. The molecule has 0 saturated carbocycles. The van der Waals surface area contributed by atoms with Crippen LogP contribution in [0.25, 0.3) is 0 Å². The van der Waals surface area contributed by atoms with Crippen LogP contribution in [0.1, 0.15) is 22.4 Å². The highest BCUT2D eigenvalue weighted by atomic mass is 32.2. The molecule has 6 heteroatoms. The van der Waals surface area contributed by atoms with Crippen molar-refractivity contribution >= 4 is 23.4 Å². The summed E-state index contributed by atoms with van der Waals surface area (Å²) in [5.41, 5.74) is 4.11. The smallest absolute Gasteiger partial charge is 0.255 e. The number of aromatic nitrogens is 2. The highest BCUT2D eigenvalue weighted by Crippen LogP contribution is 2.28. The number of aromatic amines is 1. The zero-order valence-electron chi connectivity index (χ0n) is 15.6. The third kappa shape index (κ3) is 3.87. The molecule has 1 N–H and O–H groups in total. The van der Waals surface area contributed by atoms with Gasteiger partial charge in [0.25, 0.3) is 5.56 Å². The first kappa shape index (κ1) is 18.5. The Kier molecular flexibility index (Phi) is 5.30. The van der Waals surface area contributed by atoms with E-state index in [4.69, 9.17) is 0 Å². The maximum absolute atomic E-state index is 12.8. The number of para-hydroxylation sites is 1. The van der Waals surface area contributed by atoms with Crippen LogP contribution in [0.15, 0.2) is 64.5 Å². The van der Waals surface area contributed by atoms with Crippen LogP contribution >= 0.6 is 11.8 Å². The standard InChI is InChI=1S/C22H21N3O2S/c1-15-18(13-20(26)25-12-11-17-9-5-6-10-19(17)25)21(27)24-22(23-15)28-14-16-7-3-2-4-8-16/h2-10H,11-14H2,1H3,(H,23,24,27). The van der Waals surface area contributed by atoms with Crippen molar-refractivity contribution in [3.05, 3.63) is 87.3 Å². The summed E-state index contributed by atoms with van der Waals surface area (Å²) in [6.45, 7) is 2.45. The van der Waals surface area contributed by atoms with E-state index in [0.29, 0.717) is 23.0 Å². The van der Waals surface area contributed by atoms with E-state index in [1.165, 1.54) is 22.9 Å². The van der Waals surface area contributed by atoms with Crippen molar-refractivity contribution in [1.29, 1.82) is 0 Å². The van der Waals surface area contributed by atoms with Crippen LogP contribution in [0.2, 0.25) is 0 Å². The molecule has 2 aromatic carbocycles. The Balaban J connectivity index is 1.48. The molecule has 4 rings (SSSR count). The fourth-order valence-electron chi connectivity index (χ4n) is 3.43. The highest BCUT2D eigenvalue weighted by Gasteiger charge is 2.25. The van der Waals surface area contributed by atoms with Crippen molar-refractivity contribution < 1.29 is 4.79 Å². The van der Waals surface area contributed by atoms with Crippen LogP contribution in [-0.2, 0) is 23.4 Å². The number of benzene rings is 2. The zero-order chi connectivity index (χ0) is 19.5. The molecule has 28 heavy (non-hydrogen) atoms. The summed E-state index contributed by atoms with van der Waals surface area (Å²) in [5.74, 6) is 0.663. The highest BCUT2D eigenvalue weighted by molar-refractivity contribution is 7.98. The van der Waals surface area contributed by atoms with Crippen molar-refractivity contribution in [3.8, 4) is 0 Å². The maximum atomic E-state index is 12.8. The van der Waals surface area contributed by atoms with Crippen LogP contribution in [-0.4, -0.2) is 22.4 Å². The van der Waals surface area contributed by atoms with Gasteiger partial charge in [-0.3, -0.25) is 9.59 Å². The number of rotatable bonds is 5. The number of thioether (sulfide) groups is 1. The summed E-state index contributed by atoms with van der Waals surface area (Å²) >= 11 is 1.48. The molecule has 0 aliphatic carbocycles. The van der Waals surface area contributed by atoms with Gasteiger partial charge in [-0.15, -0.1) is 0 Å². The number of aryl methyl sites for hydroxylation is 1.